The van der Waals surface area contributed by atoms with Crippen molar-refractivity contribution in [2.45, 2.75) is 13.0 Å². The maximum atomic E-state index is 9.06. The van der Waals surface area contributed by atoms with Crippen molar-refractivity contribution in [3.63, 3.8) is 0 Å². The molecule has 3 aromatic rings. The van der Waals surface area contributed by atoms with E-state index in [1.807, 2.05) is 42.5 Å². The highest BCUT2D eigenvalue weighted by atomic mass is 32.1. The molecule has 0 spiro atoms. The molecule has 102 valence electrons. The van der Waals surface area contributed by atoms with Crippen molar-refractivity contribution >= 4 is 21.6 Å². The number of fused-ring (bicyclic) bond motifs is 1. The Labute approximate surface area is 121 Å². The lowest BCUT2D eigenvalue weighted by molar-refractivity contribution is 0.284. The molecule has 0 amide bonds. The maximum Gasteiger partial charge on any atom is 0.140 e. The quantitative estimate of drug-likeness (QED) is 0.781. The van der Waals surface area contributed by atoms with Gasteiger partial charge < -0.3 is 9.84 Å². The normalized spacial score (nSPS) is 10.8. The maximum absolute atomic E-state index is 9.06. The number of nitrogens with zero attached hydrogens (tertiary/aromatic N) is 1. The van der Waals surface area contributed by atoms with E-state index in [1.54, 1.807) is 11.3 Å². The zero-order chi connectivity index (χ0) is 13.8. The van der Waals surface area contributed by atoms with Crippen molar-refractivity contribution in [1.29, 1.82) is 0 Å². The largest absolute Gasteiger partial charge is 0.486 e. The summed E-state index contributed by atoms with van der Waals surface area (Å²) in [6, 6.07) is 15.9. The van der Waals surface area contributed by atoms with Crippen LogP contribution in [0.25, 0.3) is 10.2 Å². The number of hydrogen-bond donors (Lipinski definition) is 1. The number of ether oxygens (including phenoxy) is 1. The first kappa shape index (κ1) is 13.1. The molecule has 0 atom stereocenters. The van der Waals surface area contributed by atoms with Crippen LogP contribution >= 0.6 is 11.3 Å². The number of para-hydroxylation sites is 2. The summed E-state index contributed by atoms with van der Waals surface area (Å²) in [5, 5.41) is 10.0. The van der Waals surface area contributed by atoms with E-state index in [9.17, 15) is 0 Å². The first-order valence-corrected chi connectivity index (χ1v) is 7.34. The minimum absolute atomic E-state index is 0.126. The highest BCUT2D eigenvalue weighted by molar-refractivity contribution is 7.18. The van der Waals surface area contributed by atoms with Crippen molar-refractivity contribution in [2.75, 3.05) is 6.61 Å². The Bertz CT molecular complexity index is 675. The van der Waals surface area contributed by atoms with E-state index < -0.39 is 0 Å². The Morgan fingerprint density at radius 3 is 2.70 bits per heavy atom. The van der Waals surface area contributed by atoms with Gasteiger partial charge in [-0.2, -0.15) is 0 Å². The van der Waals surface area contributed by atoms with Crippen LogP contribution < -0.4 is 4.74 Å². The summed E-state index contributed by atoms with van der Waals surface area (Å²) in [6.45, 7) is 0.587. The summed E-state index contributed by atoms with van der Waals surface area (Å²) in [5.74, 6) is 0.820. The Morgan fingerprint density at radius 2 is 1.85 bits per heavy atom. The minimum Gasteiger partial charge on any atom is -0.486 e. The highest BCUT2D eigenvalue weighted by Crippen LogP contribution is 2.24. The first-order valence-electron chi connectivity index (χ1n) is 6.53. The molecule has 0 aliphatic rings. The number of thiazole rings is 1. The van der Waals surface area contributed by atoms with Crippen LogP contribution in [-0.2, 0) is 13.0 Å². The summed E-state index contributed by atoms with van der Waals surface area (Å²) in [5.41, 5.74) is 2.04. The molecule has 1 N–H and O–H groups in total. The fourth-order valence-electron chi connectivity index (χ4n) is 2.09. The van der Waals surface area contributed by atoms with Crippen LogP contribution in [0, 0.1) is 0 Å². The van der Waals surface area contributed by atoms with Crippen LogP contribution in [-0.4, -0.2) is 16.7 Å². The van der Waals surface area contributed by atoms with Gasteiger partial charge in [-0.3, -0.25) is 0 Å². The Hall–Kier alpha value is -1.91. The van der Waals surface area contributed by atoms with Crippen molar-refractivity contribution in [1.82, 2.24) is 4.98 Å². The van der Waals surface area contributed by atoms with Crippen LogP contribution in [0.4, 0.5) is 0 Å². The van der Waals surface area contributed by atoms with Crippen LogP contribution in [0.3, 0.4) is 0 Å². The Morgan fingerprint density at radius 1 is 1.05 bits per heavy atom. The van der Waals surface area contributed by atoms with E-state index in [-0.39, 0.29) is 6.61 Å². The van der Waals surface area contributed by atoms with E-state index in [0.717, 1.165) is 21.8 Å². The molecule has 2 aromatic carbocycles. The molecule has 0 saturated heterocycles. The average Bonchev–Trinajstić information content (AvgIpc) is 2.89. The molecule has 0 radical (unpaired) electrons. The summed E-state index contributed by atoms with van der Waals surface area (Å²) >= 11 is 1.65. The van der Waals surface area contributed by atoms with Crippen LogP contribution in [0.1, 0.15) is 10.6 Å². The molecular formula is C16H15NO2S. The minimum atomic E-state index is 0.126. The Kier molecular flexibility index (Phi) is 3.95. The predicted molar refractivity (Wildman–Crippen MR) is 81.2 cm³/mol. The third-order valence-electron chi connectivity index (χ3n) is 3.04. The third kappa shape index (κ3) is 2.81. The van der Waals surface area contributed by atoms with Gasteiger partial charge >= 0.3 is 0 Å². The monoisotopic (exact) mass is 285 g/mol. The molecule has 1 aromatic heterocycles. The topological polar surface area (TPSA) is 42.4 Å². The predicted octanol–water partition coefficient (Wildman–Crippen LogP) is 3.41. The second kappa shape index (κ2) is 6.03. The number of rotatable bonds is 5. The van der Waals surface area contributed by atoms with Gasteiger partial charge in [-0.25, -0.2) is 4.98 Å². The standard InChI is InChI=1S/C16H15NO2S/c18-10-9-12-5-1-3-7-14(12)19-11-16-17-13-6-2-4-8-15(13)20-16/h1-8,18H,9-11H2. The fourth-order valence-corrected chi connectivity index (χ4v) is 2.97. The number of aromatic nitrogens is 1. The Balaban J connectivity index is 1.76. The van der Waals surface area contributed by atoms with E-state index in [1.165, 1.54) is 4.70 Å². The summed E-state index contributed by atoms with van der Waals surface area (Å²) in [4.78, 5) is 4.55. The number of benzene rings is 2. The molecular weight excluding hydrogens is 270 g/mol. The van der Waals surface area contributed by atoms with Gasteiger partial charge in [-0.1, -0.05) is 30.3 Å². The fraction of sp³-hybridized carbons (Fsp3) is 0.188. The van der Waals surface area contributed by atoms with Gasteiger partial charge in [0, 0.05) is 6.61 Å². The second-order valence-electron chi connectivity index (χ2n) is 4.45. The zero-order valence-corrected chi connectivity index (χ0v) is 11.8. The van der Waals surface area contributed by atoms with Crippen molar-refractivity contribution in [3.05, 3.63) is 59.1 Å². The van der Waals surface area contributed by atoms with Gasteiger partial charge in [0.2, 0.25) is 0 Å². The molecule has 1 heterocycles. The lowest BCUT2D eigenvalue weighted by Gasteiger charge is -2.09. The molecule has 0 aliphatic carbocycles. The molecule has 4 heteroatoms. The molecule has 0 unspecified atom stereocenters. The SMILES string of the molecule is OCCc1ccccc1OCc1nc2ccccc2s1. The zero-order valence-electron chi connectivity index (χ0n) is 11.0. The molecule has 0 fully saturated rings. The number of hydrogen-bond acceptors (Lipinski definition) is 4. The molecule has 20 heavy (non-hydrogen) atoms. The lowest BCUT2D eigenvalue weighted by atomic mass is 10.1. The lowest BCUT2D eigenvalue weighted by Crippen LogP contribution is -1.99. The summed E-state index contributed by atoms with van der Waals surface area (Å²) < 4.78 is 7.02. The summed E-state index contributed by atoms with van der Waals surface area (Å²) in [7, 11) is 0. The third-order valence-corrected chi connectivity index (χ3v) is 4.05. The molecule has 0 bridgehead atoms. The van der Waals surface area contributed by atoms with Gasteiger partial charge in [0.05, 0.1) is 10.2 Å². The van der Waals surface area contributed by atoms with Crippen LogP contribution in [0.15, 0.2) is 48.5 Å². The van der Waals surface area contributed by atoms with Crippen LogP contribution in [0.2, 0.25) is 0 Å². The molecule has 3 rings (SSSR count). The number of aliphatic hydroxyl groups excluding tert-OH is 1. The highest BCUT2D eigenvalue weighted by Gasteiger charge is 2.06. The molecule has 0 saturated carbocycles. The van der Waals surface area contributed by atoms with Gasteiger partial charge in [0.15, 0.2) is 0 Å². The van der Waals surface area contributed by atoms with Gasteiger partial charge in [-0.05, 0) is 30.2 Å². The van der Waals surface area contributed by atoms with Crippen molar-refractivity contribution < 1.29 is 9.84 Å². The van der Waals surface area contributed by atoms with E-state index in [0.29, 0.717) is 13.0 Å². The van der Waals surface area contributed by atoms with Gasteiger partial charge in [-0.15, -0.1) is 11.3 Å². The smallest absolute Gasteiger partial charge is 0.140 e. The van der Waals surface area contributed by atoms with Crippen molar-refractivity contribution in [2.24, 2.45) is 0 Å². The molecule has 0 aliphatic heterocycles. The average molecular weight is 285 g/mol. The van der Waals surface area contributed by atoms with E-state index in [4.69, 9.17) is 9.84 Å². The first-order chi connectivity index (χ1) is 9.86. The molecule has 3 nitrogen and oxygen atoms in total. The summed E-state index contributed by atoms with van der Waals surface area (Å²) in [6.07, 6.45) is 0.607. The van der Waals surface area contributed by atoms with E-state index >= 15 is 0 Å². The van der Waals surface area contributed by atoms with Gasteiger partial charge in [0.1, 0.15) is 17.4 Å². The van der Waals surface area contributed by atoms with Crippen molar-refractivity contribution in [3.8, 4) is 5.75 Å². The van der Waals surface area contributed by atoms with Gasteiger partial charge in [0.25, 0.3) is 0 Å². The van der Waals surface area contributed by atoms with E-state index in [2.05, 4.69) is 11.1 Å². The second-order valence-corrected chi connectivity index (χ2v) is 5.56. The number of aliphatic hydroxyl groups is 1. The van der Waals surface area contributed by atoms with Crippen LogP contribution in [0.5, 0.6) is 5.75 Å².